The third kappa shape index (κ3) is 2.29. The summed E-state index contributed by atoms with van der Waals surface area (Å²) < 4.78 is 2.37. The highest BCUT2D eigenvalue weighted by atomic mass is 35.5. The van der Waals surface area contributed by atoms with Crippen molar-refractivity contribution >= 4 is 28.7 Å². The van der Waals surface area contributed by atoms with Gasteiger partial charge in [0.05, 0.1) is 0 Å². The number of hydrogen-bond acceptors (Lipinski definition) is 4. The minimum atomic E-state index is -0.415. The van der Waals surface area contributed by atoms with E-state index in [2.05, 4.69) is 15.3 Å². The summed E-state index contributed by atoms with van der Waals surface area (Å²) in [6.45, 7) is 0.452. The van der Waals surface area contributed by atoms with E-state index in [1.165, 1.54) is 11.6 Å². The van der Waals surface area contributed by atoms with Gasteiger partial charge in [-0.25, -0.2) is 4.79 Å². The molecule has 0 unspecified atom stereocenters. The first-order chi connectivity index (χ1) is 10.5. The van der Waals surface area contributed by atoms with Gasteiger partial charge in [0.1, 0.15) is 0 Å². The highest BCUT2D eigenvalue weighted by Crippen LogP contribution is 2.16. The van der Waals surface area contributed by atoms with Gasteiger partial charge >= 0.3 is 5.69 Å². The predicted molar refractivity (Wildman–Crippen MR) is 85.4 cm³/mol. The van der Waals surface area contributed by atoms with Gasteiger partial charge in [-0.2, -0.15) is 4.98 Å². The van der Waals surface area contributed by atoms with Crippen molar-refractivity contribution in [3.8, 4) is 0 Å². The molecule has 2 heterocycles. The van der Waals surface area contributed by atoms with Gasteiger partial charge in [0.2, 0.25) is 5.95 Å². The van der Waals surface area contributed by atoms with Crippen LogP contribution >= 0.6 is 11.6 Å². The number of imidazole rings is 1. The lowest BCUT2D eigenvalue weighted by molar-refractivity contribution is 0.709. The molecule has 2 N–H and O–H groups in total. The Morgan fingerprint density at radius 1 is 1.23 bits per heavy atom. The Bertz CT molecular complexity index is 970. The first-order valence-electron chi connectivity index (χ1n) is 6.62. The van der Waals surface area contributed by atoms with Gasteiger partial charge in [-0.3, -0.25) is 13.9 Å². The van der Waals surface area contributed by atoms with Crippen LogP contribution in [0.15, 0.2) is 33.9 Å². The van der Waals surface area contributed by atoms with Gasteiger partial charge in [-0.15, -0.1) is 0 Å². The zero-order chi connectivity index (χ0) is 15.9. The Balaban J connectivity index is 1.98. The molecule has 0 spiro atoms. The number of aromatic nitrogens is 4. The molecule has 1 aromatic carbocycles. The summed E-state index contributed by atoms with van der Waals surface area (Å²) in [6, 6.07) is 7.44. The van der Waals surface area contributed by atoms with E-state index in [0.717, 1.165) is 10.1 Å². The zero-order valence-corrected chi connectivity index (χ0v) is 12.8. The van der Waals surface area contributed by atoms with Crippen molar-refractivity contribution in [1.82, 2.24) is 19.1 Å². The van der Waals surface area contributed by atoms with Gasteiger partial charge in [0.15, 0.2) is 11.2 Å². The number of aromatic amines is 1. The minimum Gasteiger partial charge on any atom is -0.352 e. The van der Waals surface area contributed by atoms with Crippen LogP contribution in [0.3, 0.4) is 0 Å². The van der Waals surface area contributed by atoms with Crippen molar-refractivity contribution in [2.45, 2.75) is 6.54 Å². The van der Waals surface area contributed by atoms with E-state index in [1.807, 2.05) is 18.2 Å². The van der Waals surface area contributed by atoms with Crippen molar-refractivity contribution in [3.63, 3.8) is 0 Å². The summed E-state index contributed by atoms with van der Waals surface area (Å²) in [5.74, 6) is 0.410. The van der Waals surface area contributed by atoms with E-state index >= 15 is 0 Å². The van der Waals surface area contributed by atoms with Crippen LogP contribution in [0.1, 0.15) is 5.56 Å². The number of anilines is 1. The number of hydrogen-bond donors (Lipinski definition) is 2. The van der Waals surface area contributed by atoms with Gasteiger partial charge in [-0.05, 0) is 11.6 Å². The summed E-state index contributed by atoms with van der Waals surface area (Å²) in [4.78, 5) is 31.1. The molecule has 0 radical (unpaired) electrons. The topological polar surface area (TPSA) is 84.7 Å². The number of aryl methyl sites for hydroxylation is 1. The van der Waals surface area contributed by atoms with Crippen molar-refractivity contribution < 1.29 is 0 Å². The molecule has 2 aromatic heterocycles. The van der Waals surface area contributed by atoms with E-state index in [9.17, 15) is 9.59 Å². The minimum absolute atomic E-state index is 0.284. The lowest BCUT2D eigenvalue weighted by Crippen LogP contribution is -2.36. The number of H-pyrrole nitrogens is 1. The quantitative estimate of drug-likeness (QED) is 0.760. The molecule has 0 amide bonds. The Morgan fingerprint density at radius 2 is 1.95 bits per heavy atom. The molecule has 0 atom stereocenters. The van der Waals surface area contributed by atoms with Crippen molar-refractivity contribution in [2.75, 3.05) is 5.32 Å². The molecule has 114 valence electrons. The molecule has 0 bridgehead atoms. The number of fused-ring (bicyclic) bond motifs is 1. The van der Waals surface area contributed by atoms with E-state index < -0.39 is 11.2 Å². The highest BCUT2D eigenvalue weighted by molar-refractivity contribution is 6.31. The summed E-state index contributed by atoms with van der Waals surface area (Å²) in [5.41, 5.74) is 0.686. The molecule has 0 aliphatic heterocycles. The Morgan fingerprint density at radius 3 is 2.68 bits per heavy atom. The van der Waals surface area contributed by atoms with E-state index in [1.54, 1.807) is 13.1 Å². The molecule has 22 heavy (non-hydrogen) atoms. The van der Waals surface area contributed by atoms with Crippen molar-refractivity contribution in [1.29, 1.82) is 0 Å². The molecule has 0 saturated heterocycles. The third-order valence-electron chi connectivity index (χ3n) is 3.50. The van der Waals surface area contributed by atoms with Crippen LogP contribution in [0.25, 0.3) is 11.2 Å². The van der Waals surface area contributed by atoms with Gasteiger partial charge in [0, 0.05) is 25.7 Å². The van der Waals surface area contributed by atoms with Gasteiger partial charge in [0.25, 0.3) is 5.56 Å². The van der Waals surface area contributed by atoms with Crippen LogP contribution in [-0.2, 0) is 20.6 Å². The summed E-state index contributed by atoms with van der Waals surface area (Å²) >= 11 is 6.09. The maximum Gasteiger partial charge on any atom is 0.332 e. The number of benzene rings is 1. The van der Waals surface area contributed by atoms with Crippen molar-refractivity contribution in [2.24, 2.45) is 14.1 Å². The van der Waals surface area contributed by atoms with E-state index in [0.29, 0.717) is 23.2 Å². The van der Waals surface area contributed by atoms with Crippen LogP contribution in [0.5, 0.6) is 0 Å². The van der Waals surface area contributed by atoms with Crippen molar-refractivity contribution in [3.05, 3.63) is 55.7 Å². The molecule has 8 heteroatoms. The summed E-state index contributed by atoms with van der Waals surface area (Å²) in [6.07, 6.45) is 0. The second kappa shape index (κ2) is 5.34. The zero-order valence-electron chi connectivity index (χ0n) is 12.1. The average Bonchev–Trinajstić information content (AvgIpc) is 2.94. The number of nitrogens with one attached hydrogen (secondary N) is 2. The number of halogens is 1. The molecule has 7 nitrogen and oxygen atoms in total. The van der Waals surface area contributed by atoms with Crippen LogP contribution in [0.2, 0.25) is 5.02 Å². The van der Waals surface area contributed by atoms with E-state index in [4.69, 9.17) is 11.6 Å². The first-order valence-corrected chi connectivity index (χ1v) is 7.00. The molecule has 3 aromatic rings. The van der Waals surface area contributed by atoms with E-state index in [-0.39, 0.29) is 5.52 Å². The van der Waals surface area contributed by atoms with Crippen LogP contribution in [-0.4, -0.2) is 19.1 Å². The highest BCUT2D eigenvalue weighted by Gasteiger charge is 2.13. The average molecular weight is 320 g/mol. The normalized spacial score (nSPS) is 11.0. The molecule has 0 fully saturated rings. The first kappa shape index (κ1) is 14.4. The SMILES string of the molecule is Cn1c(=O)c2[nH]c(NCc3ccccc3Cl)nc2n(C)c1=O. The Hall–Kier alpha value is -2.54. The van der Waals surface area contributed by atoms with Crippen LogP contribution in [0, 0.1) is 0 Å². The van der Waals surface area contributed by atoms with Gasteiger partial charge < -0.3 is 10.3 Å². The Labute approximate surface area is 130 Å². The molecule has 0 aliphatic carbocycles. The smallest absolute Gasteiger partial charge is 0.332 e. The lowest BCUT2D eigenvalue weighted by Gasteiger charge is -2.04. The molecule has 3 rings (SSSR count). The third-order valence-corrected chi connectivity index (χ3v) is 3.87. The fourth-order valence-electron chi connectivity index (χ4n) is 2.23. The second-order valence-electron chi connectivity index (χ2n) is 4.93. The largest absolute Gasteiger partial charge is 0.352 e. The standard InChI is InChI=1S/C14H14ClN5O2/c1-19-11-10(12(21)20(2)14(19)22)17-13(18-11)16-7-8-5-3-4-6-9(8)15/h3-6H,7H2,1-2H3,(H2,16,17,18). The lowest BCUT2D eigenvalue weighted by atomic mass is 10.2. The fourth-order valence-corrected chi connectivity index (χ4v) is 2.43. The number of rotatable bonds is 3. The number of nitrogens with zero attached hydrogens (tertiary/aromatic N) is 3. The summed E-state index contributed by atoms with van der Waals surface area (Å²) in [5, 5.41) is 3.72. The van der Waals surface area contributed by atoms with Crippen LogP contribution < -0.4 is 16.6 Å². The monoisotopic (exact) mass is 319 g/mol. The summed E-state index contributed by atoms with van der Waals surface area (Å²) in [7, 11) is 3.00. The molecular weight excluding hydrogens is 306 g/mol. The predicted octanol–water partition coefficient (Wildman–Crippen LogP) is 1.23. The fraction of sp³-hybridized carbons (Fsp3) is 0.214. The second-order valence-corrected chi connectivity index (χ2v) is 5.34. The molecular formula is C14H14ClN5O2. The Kier molecular flexibility index (Phi) is 3.50. The van der Waals surface area contributed by atoms with Gasteiger partial charge in [-0.1, -0.05) is 29.8 Å². The van der Waals surface area contributed by atoms with Crippen LogP contribution in [0.4, 0.5) is 5.95 Å². The molecule has 0 saturated carbocycles. The maximum absolute atomic E-state index is 12.1. The maximum atomic E-state index is 12.1. The molecule has 0 aliphatic rings.